The number of hydrogen-bond donors (Lipinski definition) is 0. The van der Waals surface area contributed by atoms with Crippen LogP contribution in [0.2, 0.25) is 0 Å². The summed E-state index contributed by atoms with van der Waals surface area (Å²) in [5, 5.41) is 5.52. The summed E-state index contributed by atoms with van der Waals surface area (Å²) >= 11 is 0. The Morgan fingerprint density at radius 2 is 0.781 bits per heavy atom. The third kappa shape index (κ3) is 3.71. The highest BCUT2D eigenvalue weighted by Crippen LogP contribution is 2.36. The summed E-state index contributed by atoms with van der Waals surface area (Å²) in [4.78, 5) is 0. The van der Waals surface area contributed by atoms with E-state index < -0.39 is 0 Å². The number of benzene rings is 5. The second-order valence-corrected chi connectivity index (χ2v) is 9.26. The summed E-state index contributed by atoms with van der Waals surface area (Å²) in [6.45, 7) is 8.81. The first kappa shape index (κ1) is 20.5. The molecule has 0 saturated carbocycles. The van der Waals surface area contributed by atoms with Crippen molar-refractivity contribution >= 4 is 21.5 Å². The summed E-state index contributed by atoms with van der Waals surface area (Å²) in [5.41, 5.74) is 11.1. The Morgan fingerprint density at radius 3 is 1.09 bits per heavy atom. The molecule has 0 amide bonds. The van der Waals surface area contributed by atoms with Crippen molar-refractivity contribution in [2.75, 3.05) is 0 Å². The van der Waals surface area contributed by atoms with E-state index in [1.54, 1.807) is 0 Å². The fourth-order valence-corrected chi connectivity index (χ4v) is 5.16. The Balaban J connectivity index is 1.75. The lowest BCUT2D eigenvalue weighted by Crippen LogP contribution is -2.00. The molecule has 0 aliphatic rings. The lowest BCUT2D eigenvalue weighted by atomic mass is 9.85. The highest BCUT2D eigenvalue weighted by atomic mass is 14.2. The van der Waals surface area contributed by atoms with Crippen molar-refractivity contribution in [2.24, 2.45) is 0 Å². The lowest BCUT2D eigenvalue weighted by Gasteiger charge is -2.19. The fourth-order valence-electron chi connectivity index (χ4n) is 5.16. The highest BCUT2D eigenvalue weighted by Gasteiger charge is 2.15. The second kappa shape index (κ2) is 8.28. The predicted molar refractivity (Wildman–Crippen MR) is 139 cm³/mol. The van der Waals surface area contributed by atoms with Crippen LogP contribution in [-0.2, 0) is 12.8 Å². The van der Waals surface area contributed by atoms with Crippen LogP contribution < -0.4 is 0 Å². The molecule has 5 rings (SSSR count). The molecular formula is C32H30. The summed E-state index contributed by atoms with van der Waals surface area (Å²) in [5.74, 6) is 0. The first-order valence-electron chi connectivity index (χ1n) is 11.5. The zero-order valence-electron chi connectivity index (χ0n) is 19.5. The minimum absolute atomic E-state index is 0.955. The molecule has 0 radical (unpaired) electrons. The standard InChI is InChI=1S/C32H30/c1-21-13-15-25(23(3)17-21)19-31-27-9-5-7-11-29(27)32(30-12-8-6-10-28(30)31)20-26-16-14-22(2)18-24(26)4/h5-18H,19-20H2,1-4H3. The van der Waals surface area contributed by atoms with Gasteiger partial charge >= 0.3 is 0 Å². The predicted octanol–water partition coefficient (Wildman–Crippen LogP) is 8.41. The Bertz CT molecular complexity index is 1280. The van der Waals surface area contributed by atoms with Gasteiger partial charge in [0.15, 0.2) is 0 Å². The van der Waals surface area contributed by atoms with Crippen molar-refractivity contribution in [2.45, 2.75) is 40.5 Å². The quantitative estimate of drug-likeness (QED) is 0.259. The van der Waals surface area contributed by atoms with Gasteiger partial charge in [-0.25, -0.2) is 0 Å². The Kier molecular flexibility index (Phi) is 5.31. The maximum absolute atomic E-state index is 2.31. The third-order valence-electron chi connectivity index (χ3n) is 6.89. The number of fused-ring (bicyclic) bond motifs is 2. The second-order valence-electron chi connectivity index (χ2n) is 9.26. The van der Waals surface area contributed by atoms with E-state index in [4.69, 9.17) is 0 Å². The normalized spacial score (nSPS) is 11.4. The average molecular weight is 415 g/mol. The van der Waals surface area contributed by atoms with Crippen molar-refractivity contribution in [3.05, 3.63) is 129 Å². The first-order chi connectivity index (χ1) is 15.5. The summed E-state index contributed by atoms with van der Waals surface area (Å²) in [6, 6.07) is 31.7. The number of rotatable bonds is 4. The fraction of sp³-hybridized carbons (Fsp3) is 0.188. The molecule has 0 fully saturated rings. The van der Waals surface area contributed by atoms with Gasteiger partial charge in [0.25, 0.3) is 0 Å². The van der Waals surface area contributed by atoms with Crippen LogP contribution in [0.4, 0.5) is 0 Å². The van der Waals surface area contributed by atoms with Crippen molar-refractivity contribution in [1.29, 1.82) is 0 Å². The van der Waals surface area contributed by atoms with Crippen LogP contribution in [0, 0.1) is 27.7 Å². The Morgan fingerprint density at radius 1 is 0.438 bits per heavy atom. The van der Waals surface area contributed by atoms with E-state index in [0.717, 1.165) is 12.8 Å². The van der Waals surface area contributed by atoms with Crippen molar-refractivity contribution < 1.29 is 0 Å². The van der Waals surface area contributed by atoms with E-state index in [9.17, 15) is 0 Å². The van der Waals surface area contributed by atoms with Crippen molar-refractivity contribution in [3.63, 3.8) is 0 Å². The minimum atomic E-state index is 0.955. The number of hydrogen-bond acceptors (Lipinski definition) is 0. The molecule has 32 heavy (non-hydrogen) atoms. The maximum atomic E-state index is 2.31. The molecule has 5 aromatic carbocycles. The van der Waals surface area contributed by atoms with Gasteiger partial charge in [-0.05, 0) is 95.5 Å². The van der Waals surface area contributed by atoms with Crippen LogP contribution in [0.5, 0.6) is 0 Å². The van der Waals surface area contributed by atoms with Crippen LogP contribution in [0.25, 0.3) is 21.5 Å². The SMILES string of the molecule is Cc1ccc(Cc2c3ccccc3c(Cc3ccc(C)cc3C)c3ccccc23)c(C)c1. The van der Waals surface area contributed by atoms with Crippen LogP contribution in [0.3, 0.4) is 0 Å². The lowest BCUT2D eigenvalue weighted by molar-refractivity contribution is 1.16. The molecule has 0 nitrogen and oxygen atoms in total. The molecule has 0 aliphatic heterocycles. The number of aryl methyl sites for hydroxylation is 4. The molecule has 0 bridgehead atoms. The van der Waals surface area contributed by atoms with Gasteiger partial charge in [-0.15, -0.1) is 0 Å². The van der Waals surface area contributed by atoms with Crippen LogP contribution in [-0.4, -0.2) is 0 Å². The first-order valence-corrected chi connectivity index (χ1v) is 11.5. The molecule has 0 heteroatoms. The monoisotopic (exact) mass is 414 g/mol. The van der Waals surface area contributed by atoms with Crippen LogP contribution in [0.15, 0.2) is 84.9 Å². The van der Waals surface area contributed by atoms with Gasteiger partial charge in [0.2, 0.25) is 0 Å². The Hall–Kier alpha value is -3.38. The third-order valence-corrected chi connectivity index (χ3v) is 6.89. The molecule has 0 aliphatic carbocycles. The molecule has 0 atom stereocenters. The van der Waals surface area contributed by atoms with Gasteiger partial charge in [0.05, 0.1) is 0 Å². The van der Waals surface area contributed by atoms with Crippen molar-refractivity contribution in [3.8, 4) is 0 Å². The molecule has 0 N–H and O–H groups in total. The van der Waals surface area contributed by atoms with Gasteiger partial charge in [-0.2, -0.15) is 0 Å². The maximum Gasteiger partial charge on any atom is -0.00108 e. The molecule has 0 unspecified atom stereocenters. The van der Waals surface area contributed by atoms with Crippen molar-refractivity contribution in [1.82, 2.24) is 0 Å². The molecule has 0 saturated heterocycles. The molecule has 5 aromatic rings. The van der Waals surface area contributed by atoms with E-state index in [0.29, 0.717) is 0 Å². The van der Waals surface area contributed by atoms with E-state index in [2.05, 4.69) is 113 Å². The van der Waals surface area contributed by atoms with E-state index in [-0.39, 0.29) is 0 Å². The molecule has 158 valence electrons. The van der Waals surface area contributed by atoms with Gasteiger partial charge in [-0.1, -0.05) is 96.1 Å². The summed E-state index contributed by atoms with van der Waals surface area (Å²) in [6.07, 6.45) is 1.91. The molecule has 0 heterocycles. The Labute approximate surface area is 191 Å². The zero-order chi connectivity index (χ0) is 22.2. The van der Waals surface area contributed by atoms with Gasteiger partial charge in [0.1, 0.15) is 0 Å². The van der Waals surface area contributed by atoms with Crippen LogP contribution >= 0.6 is 0 Å². The van der Waals surface area contributed by atoms with Crippen LogP contribution in [0.1, 0.15) is 44.5 Å². The van der Waals surface area contributed by atoms with E-state index in [1.165, 1.54) is 66.1 Å². The topological polar surface area (TPSA) is 0 Å². The van der Waals surface area contributed by atoms with E-state index >= 15 is 0 Å². The summed E-state index contributed by atoms with van der Waals surface area (Å²) < 4.78 is 0. The minimum Gasteiger partial charge on any atom is -0.0616 e. The zero-order valence-corrected chi connectivity index (χ0v) is 19.5. The van der Waals surface area contributed by atoms with Gasteiger partial charge < -0.3 is 0 Å². The molecule has 0 aromatic heterocycles. The van der Waals surface area contributed by atoms with E-state index in [1.807, 2.05) is 0 Å². The van der Waals surface area contributed by atoms with Gasteiger partial charge in [-0.3, -0.25) is 0 Å². The molecule has 0 spiro atoms. The average Bonchev–Trinajstić information content (AvgIpc) is 2.78. The molecular weight excluding hydrogens is 384 g/mol. The van der Waals surface area contributed by atoms with Gasteiger partial charge in [0, 0.05) is 0 Å². The summed E-state index contributed by atoms with van der Waals surface area (Å²) in [7, 11) is 0. The smallest absolute Gasteiger partial charge is 0.00108 e. The largest absolute Gasteiger partial charge is 0.0616 e. The highest BCUT2D eigenvalue weighted by molar-refractivity contribution is 6.06.